The lowest BCUT2D eigenvalue weighted by atomic mass is 9.95. The maximum absolute atomic E-state index is 11.7. The van der Waals surface area contributed by atoms with E-state index in [1.807, 2.05) is 0 Å². The Bertz CT molecular complexity index is 332. The van der Waals surface area contributed by atoms with Gasteiger partial charge in [0.05, 0.1) is 0 Å². The molecule has 1 aromatic heterocycles. The molecule has 16 heavy (non-hydrogen) atoms. The predicted molar refractivity (Wildman–Crippen MR) is 65.1 cm³/mol. The van der Waals surface area contributed by atoms with Crippen molar-refractivity contribution in [2.45, 2.75) is 19.4 Å². The first-order chi connectivity index (χ1) is 7.27. The van der Waals surface area contributed by atoms with Gasteiger partial charge in [-0.25, -0.2) is 0 Å². The van der Waals surface area contributed by atoms with Crippen molar-refractivity contribution in [2.75, 3.05) is 13.1 Å². The second-order valence-electron chi connectivity index (χ2n) is 3.84. The van der Waals surface area contributed by atoms with Crippen LogP contribution >= 0.6 is 23.9 Å². The zero-order chi connectivity index (χ0) is 10.7. The van der Waals surface area contributed by atoms with Crippen LogP contribution < -0.4 is 10.6 Å². The van der Waals surface area contributed by atoms with Gasteiger partial charge in [0.25, 0.3) is 5.91 Å². The second-order valence-corrected chi connectivity index (χ2v) is 4.45. The minimum absolute atomic E-state index is 0. The van der Waals surface area contributed by atoms with Crippen molar-refractivity contribution < 1.29 is 4.79 Å². The van der Waals surface area contributed by atoms with E-state index in [1.54, 1.807) is 5.38 Å². The topological polar surface area (TPSA) is 66.9 Å². The number of nitrogens with one attached hydrogen (secondary N) is 2. The highest BCUT2D eigenvalue weighted by Gasteiger charge is 2.23. The summed E-state index contributed by atoms with van der Waals surface area (Å²) in [6, 6.07) is 0.250. The smallest absolute Gasteiger partial charge is 0.272 e. The van der Waals surface area contributed by atoms with E-state index in [-0.39, 0.29) is 24.4 Å². The summed E-state index contributed by atoms with van der Waals surface area (Å²) in [5.74, 6) is 0.358. The molecule has 0 bridgehead atoms. The number of carbonyl (C=O) groups is 1. The standard InChI is InChI=1S/C9H14N4OS.ClH/c1-6-4-10-3-2-7(6)11-9(14)8-5-15-13-12-8;/h5-7,10H,2-4H2,1H3,(H,11,14);1H. The van der Waals surface area contributed by atoms with Crippen molar-refractivity contribution in [3.63, 3.8) is 0 Å². The van der Waals surface area contributed by atoms with Crippen molar-refractivity contribution >= 4 is 29.8 Å². The molecule has 1 amide bonds. The summed E-state index contributed by atoms with van der Waals surface area (Å²) < 4.78 is 3.67. The molecule has 1 aliphatic heterocycles. The summed E-state index contributed by atoms with van der Waals surface area (Å²) >= 11 is 1.20. The van der Waals surface area contributed by atoms with Crippen LogP contribution in [0.4, 0.5) is 0 Å². The molecule has 1 aromatic rings. The fourth-order valence-corrected chi connectivity index (χ4v) is 2.17. The predicted octanol–water partition coefficient (Wildman–Crippen LogP) is 0.688. The molecule has 0 radical (unpaired) electrons. The van der Waals surface area contributed by atoms with Gasteiger partial charge in [-0.05, 0) is 37.0 Å². The van der Waals surface area contributed by atoms with E-state index >= 15 is 0 Å². The first-order valence-corrected chi connectivity index (χ1v) is 5.89. The highest BCUT2D eigenvalue weighted by Crippen LogP contribution is 2.11. The van der Waals surface area contributed by atoms with Gasteiger partial charge in [0, 0.05) is 11.4 Å². The monoisotopic (exact) mass is 262 g/mol. The summed E-state index contributed by atoms with van der Waals surface area (Å²) in [6.45, 7) is 4.06. The minimum Gasteiger partial charge on any atom is -0.348 e. The highest BCUT2D eigenvalue weighted by molar-refractivity contribution is 7.03. The summed E-state index contributed by atoms with van der Waals surface area (Å²) in [5, 5.41) is 11.7. The molecule has 5 nitrogen and oxygen atoms in total. The van der Waals surface area contributed by atoms with Gasteiger partial charge in [0.2, 0.25) is 0 Å². The van der Waals surface area contributed by atoms with Crippen molar-refractivity contribution in [2.24, 2.45) is 5.92 Å². The number of nitrogens with zero attached hydrogens (tertiary/aromatic N) is 2. The summed E-state index contributed by atoms with van der Waals surface area (Å²) in [7, 11) is 0. The van der Waals surface area contributed by atoms with E-state index in [4.69, 9.17) is 0 Å². The van der Waals surface area contributed by atoms with Gasteiger partial charge in [0.15, 0.2) is 5.69 Å². The largest absolute Gasteiger partial charge is 0.348 e. The Morgan fingerprint density at radius 3 is 3.12 bits per heavy atom. The summed E-state index contributed by atoms with van der Waals surface area (Å²) in [6.07, 6.45) is 0.977. The molecule has 0 spiro atoms. The Labute approximate surface area is 105 Å². The molecular formula is C9H15ClN4OS. The van der Waals surface area contributed by atoms with Crippen molar-refractivity contribution in [3.05, 3.63) is 11.1 Å². The van der Waals surface area contributed by atoms with Gasteiger partial charge >= 0.3 is 0 Å². The van der Waals surface area contributed by atoms with E-state index in [9.17, 15) is 4.79 Å². The Hall–Kier alpha value is -0.720. The molecule has 0 aliphatic carbocycles. The molecule has 7 heteroatoms. The third-order valence-electron chi connectivity index (χ3n) is 2.69. The highest BCUT2D eigenvalue weighted by atomic mass is 35.5. The van der Waals surface area contributed by atoms with Gasteiger partial charge in [0.1, 0.15) is 0 Å². The van der Waals surface area contributed by atoms with Gasteiger partial charge in [-0.15, -0.1) is 17.5 Å². The van der Waals surface area contributed by atoms with Crippen molar-refractivity contribution in [1.29, 1.82) is 0 Å². The van der Waals surface area contributed by atoms with Crippen LogP contribution in [0, 0.1) is 5.92 Å². The SMILES string of the molecule is CC1CNCCC1NC(=O)c1csnn1.Cl. The van der Waals surface area contributed by atoms with E-state index in [1.165, 1.54) is 11.5 Å². The lowest BCUT2D eigenvalue weighted by Crippen LogP contribution is -2.48. The number of piperidine rings is 1. The molecule has 90 valence electrons. The lowest BCUT2D eigenvalue weighted by molar-refractivity contribution is 0.0909. The molecule has 0 aromatic carbocycles. The number of hydrogen-bond acceptors (Lipinski definition) is 5. The van der Waals surface area contributed by atoms with E-state index < -0.39 is 0 Å². The Kier molecular flexibility index (Phi) is 5.11. The molecule has 1 aliphatic rings. The summed E-state index contributed by atoms with van der Waals surface area (Å²) in [4.78, 5) is 11.7. The minimum atomic E-state index is -0.109. The van der Waals surface area contributed by atoms with Crippen LogP contribution in [-0.4, -0.2) is 34.6 Å². The van der Waals surface area contributed by atoms with Crippen LogP contribution in [0.25, 0.3) is 0 Å². The third kappa shape index (κ3) is 3.13. The van der Waals surface area contributed by atoms with Gasteiger partial charge in [-0.1, -0.05) is 11.4 Å². The Balaban J connectivity index is 0.00000128. The maximum atomic E-state index is 11.7. The average Bonchev–Trinajstić information content (AvgIpc) is 2.74. The molecule has 2 atom stereocenters. The van der Waals surface area contributed by atoms with Gasteiger partial charge < -0.3 is 10.6 Å². The number of halogens is 1. The molecule has 0 saturated carbocycles. The number of carbonyl (C=O) groups excluding carboxylic acids is 1. The van der Waals surface area contributed by atoms with Crippen molar-refractivity contribution in [3.8, 4) is 0 Å². The fourth-order valence-electron chi connectivity index (χ4n) is 1.73. The maximum Gasteiger partial charge on any atom is 0.272 e. The van der Waals surface area contributed by atoms with E-state index in [2.05, 4.69) is 27.1 Å². The number of rotatable bonds is 2. The zero-order valence-corrected chi connectivity index (χ0v) is 10.6. The Morgan fingerprint density at radius 1 is 1.69 bits per heavy atom. The van der Waals surface area contributed by atoms with Crippen molar-refractivity contribution in [1.82, 2.24) is 20.2 Å². The third-order valence-corrected chi connectivity index (χ3v) is 3.20. The molecule has 2 heterocycles. The van der Waals surface area contributed by atoms with Crippen LogP contribution in [0.5, 0.6) is 0 Å². The number of amides is 1. The molecule has 2 unspecified atom stereocenters. The van der Waals surface area contributed by atoms with Gasteiger partial charge in [-0.3, -0.25) is 4.79 Å². The van der Waals surface area contributed by atoms with Crippen LogP contribution in [0.15, 0.2) is 5.38 Å². The quantitative estimate of drug-likeness (QED) is 0.823. The molecule has 1 saturated heterocycles. The first-order valence-electron chi connectivity index (χ1n) is 5.06. The van der Waals surface area contributed by atoms with Crippen LogP contribution in [0.3, 0.4) is 0 Å². The molecule has 1 fully saturated rings. The summed E-state index contributed by atoms with van der Waals surface area (Å²) in [5.41, 5.74) is 0.422. The molecular weight excluding hydrogens is 248 g/mol. The molecule has 2 rings (SSSR count). The van der Waals surface area contributed by atoms with E-state index in [0.29, 0.717) is 11.6 Å². The number of hydrogen-bond donors (Lipinski definition) is 2. The van der Waals surface area contributed by atoms with Crippen LogP contribution in [0.1, 0.15) is 23.8 Å². The van der Waals surface area contributed by atoms with Gasteiger partial charge in [-0.2, -0.15) is 0 Å². The average molecular weight is 263 g/mol. The second kappa shape index (κ2) is 6.12. The first kappa shape index (κ1) is 13.3. The fraction of sp³-hybridized carbons (Fsp3) is 0.667. The molecule has 2 N–H and O–H groups in total. The normalized spacial score (nSPS) is 24.6. The lowest BCUT2D eigenvalue weighted by Gasteiger charge is -2.29. The Morgan fingerprint density at radius 2 is 2.50 bits per heavy atom. The van der Waals surface area contributed by atoms with Crippen LogP contribution in [0.2, 0.25) is 0 Å². The van der Waals surface area contributed by atoms with E-state index in [0.717, 1.165) is 19.5 Å². The zero-order valence-electron chi connectivity index (χ0n) is 8.97. The van der Waals surface area contributed by atoms with Crippen LogP contribution in [-0.2, 0) is 0 Å². The number of aromatic nitrogens is 2.